The summed E-state index contributed by atoms with van der Waals surface area (Å²) >= 11 is 3.64. The van der Waals surface area contributed by atoms with Crippen LogP contribution >= 0.6 is 15.9 Å². The van der Waals surface area contributed by atoms with Gasteiger partial charge in [-0.15, -0.1) is 0 Å². The summed E-state index contributed by atoms with van der Waals surface area (Å²) in [6, 6.07) is 12.1. The number of rotatable bonds is 12. The Morgan fingerprint density at radius 2 is 1.81 bits per heavy atom. The molecule has 0 unspecified atom stereocenters. The maximum atomic E-state index is 8.77. The highest BCUT2D eigenvalue weighted by Gasteiger charge is 2.15. The van der Waals surface area contributed by atoms with E-state index in [1.165, 1.54) is 5.56 Å². The quantitative estimate of drug-likeness (QED) is 0.445. The van der Waals surface area contributed by atoms with Gasteiger partial charge in [-0.05, 0) is 49.7 Å². The van der Waals surface area contributed by atoms with Gasteiger partial charge in [0.15, 0.2) is 11.5 Å². The molecule has 0 amide bonds. The first-order chi connectivity index (χ1) is 13.2. The maximum absolute atomic E-state index is 8.77. The monoisotopic (exact) mass is 436 g/mol. The zero-order chi connectivity index (χ0) is 19.5. The third-order valence-corrected chi connectivity index (χ3v) is 5.06. The summed E-state index contributed by atoms with van der Waals surface area (Å²) in [6.45, 7) is 5.83. The number of hydrogen-bond acceptors (Lipinski definition) is 5. The van der Waals surface area contributed by atoms with Gasteiger partial charge < -0.3 is 25.2 Å². The van der Waals surface area contributed by atoms with Gasteiger partial charge in [0.05, 0.1) is 13.7 Å². The smallest absolute Gasteiger partial charge is 0.167 e. The second-order valence-electron chi connectivity index (χ2n) is 6.28. The van der Waals surface area contributed by atoms with Crippen LogP contribution in [0.1, 0.15) is 23.1 Å². The summed E-state index contributed by atoms with van der Waals surface area (Å²) in [6.07, 6.45) is 0.987. The minimum atomic E-state index is 0.172. The number of methoxy groups -OCH3 is 1. The van der Waals surface area contributed by atoms with Crippen LogP contribution in [0, 0.1) is 6.92 Å². The topological polar surface area (TPSA) is 62.8 Å². The second-order valence-corrected chi connectivity index (χ2v) is 7.13. The Balaban J connectivity index is 2.01. The fourth-order valence-corrected chi connectivity index (χ4v) is 3.20. The number of ether oxygens (including phenoxy) is 2. The molecule has 0 radical (unpaired) electrons. The summed E-state index contributed by atoms with van der Waals surface area (Å²) in [5.74, 6) is 1.49. The van der Waals surface area contributed by atoms with E-state index in [-0.39, 0.29) is 6.61 Å². The summed E-state index contributed by atoms with van der Waals surface area (Å²) in [5, 5.41) is 15.4. The maximum Gasteiger partial charge on any atom is 0.167 e. The van der Waals surface area contributed by atoms with Crippen molar-refractivity contribution >= 4 is 15.9 Å². The van der Waals surface area contributed by atoms with Crippen molar-refractivity contribution < 1.29 is 14.6 Å². The fraction of sp³-hybridized carbons (Fsp3) is 0.429. The molecule has 0 bridgehead atoms. The third kappa shape index (κ3) is 6.81. The van der Waals surface area contributed by atoms with E-state index in [4.69, 9.17) is 14.6 Å². The molecule has 2 aromatic carbocycles. The van der Waals surface area contributed by atoms with Crippen molar-refractivity contribution in [2.45, 2.75) is 26.5 Å². The van der Waals surface area contributed by atoms with Gasteiger partial charge in [-0.1, -0.05) is 40.2 Å². The molecule has 5 nitrogen and oxygen atoms in total. The van der Waals surface area contributed by atoms with Gasteiger partial charge >= 0.3 is 0 Å². The molecule has 0 aliphatic carbocycles. The standard InChI is InChI=1S/C21H29BrN2O3/c1-16-6-3-4-7-17(16)15-27-21-18(19(22)8-9-20(21)26-2)14-24-11-5-10-23-12-13-25/h3-4,6-9,23-25H,5,10-15H2,1-2H3. The van der Waals surface area contributed by atoms with Crippen LogP contribution in [0.5, 0.6) is 11.5 Å². The number of benzene rings is 2. The predicted molar refractivity (Wildman–Crippen MR) is 112 cm³/mol. The van der Waals surface area contributed by atoms with Crippen molar-refractivity contribution in [3.8, 4) is 11.5 Å². The molecular formula is C21H29BrN2O3. The molecule has 148 valence electrons. The molecule has 2 rings (SSSR count). The van der Waals surface area contributed by atoms with Gasteiger partial charge in [0.2, 0.25) is 0 Å². The number of halogens is 1. The van der Waals surface area contributed by atoms with Gasteiger partial charge in [0.1, 0.15) is 6.61 Å². The summed E-state index contributed by atoms with van der Waals surface area (Å²) in [4.78, 5) is 0. The van der Waals surface area contributed by atoms with Gasteiger partial charge in [-0.2, -0.15) is 0 Å². The minimum Gasteiger partial charge on any atom is -0.493 e. The van der Waals surface area contributed by atoms with Gasteiger partial charge in [-0.25, -0.2) is 0 Å². The molecule has 2 aromatic rings. The van der Waals surface area contributed by atoms with Crippen molar-refractivity contribution in [1.82, 2.24) is 10.6 Å². The highest BCUT2D eigenvalue weighted by molar-refractivity contribution is 9.10. The van der Waals surface area contributed by atoms with Crippen LogP contribution in [0.15, 0.2) is 40.9 Å². The molecule has 27 heavy (non-hydrogen) atoms. The Kier molecular flexibility index (Phi) is 9.62. The lowest BCUT2D eigenvalue weighted by Gasteiger charge is -2.18. The van der Waals surface area contributed by atoms with Crippen molar-refractivity contribution in [3.05, 3.63) is 57.6 Å². The number of hydrogen-bond donors (Lipinski definition) is 3. The average molecular weight is 437 g/mol. The van der Waals surface area contributed by atoms with E-state index in [9.17, 15) is 0 Å². The lowest BCUT2D eigenvalue weighted by Crippen LogP contribution is -2.24. The SMILES string of the molecule is COc1ccc(Br)c(CNCCCNCCO)c1OCc1ccccc1C. The summed E-state index contributed by atoms with van der Waals surface area (Å²) < 4.78 is 12.7. The van der Waals surface area contributed by atoms with E-state index >= 15 is 0 Å². The van der Waals surface area contributed by atoms with Crippen molar-refractivity contribution in [2.75, 3.05) is 33.4 Å². The second kappa shape index (κ2) is 12.0. The largest absolute Gasteiger partial charge is 0.493 e. The van der Waals surface area contributed by atoms with Gasteiger partial charge in [-0.3, -0.25) is 0 Å². The molecule has 3 N–H and O–H groups in total. The average Bonchev–Trinajstić information content (AvgIpc) is 2.68. The molecule has 0 aromatic heterocycles. The Bertz CT molecular complexity index is 710. The van der Waals surface area contributed by atoms with E-state index in [0.717, 1.165) is 46.6 Å². The summed E-state index contributed by atoms with van der Waals surface area (Å²) in [7, 11) is 1.66. The number of aliphatic hydroxyl groups excluding tert-OH is 1. The van der Waals surface area contributed by atoms with Crippen molar-refractivity contribution in [3.63, 3.8) is 0 Å². The van der Waals surface area contributed by atoms with E-state index < -0.39 is 0 Å². The summed E-state index contributed by atoms with van der Waals surface area (Å²) in [5.41, 5.74) is 3.42. The van der Waals surface area contributed by atoms with Crippen LogP contribution in [-0.4, -0.2) is 38.5 Å². The van der Waals surface area contributed by atoms with Crippen LogP contribution in [-0.2, 0) is 13.2 Å². The lowest BCUT2D eigenvalue weighted by atomic mass is 10.1. The van der Waals surface area contributed by atoms with E-state index in [2.05, 4.69) is 45.6 Å². The minimum absolute atomic E-state index is 0.172. The van der Waals surface area contributed by atoms with Crippen LogP contribution in [0.25, 0.3) is 0 Å². The predicted octanol–water partition coefficient (Wildman–Crippen LogP) is 3.41. The first-order valence-electron chi connectivity index (χ1n) is 9.22. The molecular weight excluding hydrogens is 408 g/mol. The molecule has 0 spiro atoms. The molecule has 6 heteroatoms. The van der Waals surface area contributed by atoms with E-state index in [1.54, 1.807) is 7.11 Å². The van der Waals surface area contributed by atoms with Gasteiger partial charge in [0.25, 0.3) is 0 Å². The van der Waals surface area contributed by atoms with E-state index in [0.29, 0.717) is 19.7 Å². The number of nitrogens with one attached hydrogen (secondary N) is 2. The van der Waals surface area contributed by atoms with Gasteiger partial charge in [0, 0.05) is 23.1 Å². The highest BCUT2D eigenvalue weighted by Crippen LogP contribution is 2.36. The zero-order valence-electron chi connectivity index (χ0n) is 16.1. The highest BCUT2D eigenvalue weighted by atomic mass is 79.9. The first kappa shape index (κ1) is 21.7. The molecule has 0 saturated heterocycles. The number of aliphatic hydroxyl groups is 1. The number of aryl methyl sites for hydroxylation is 1. The Hall–Kier alpha value is -1.60. The molecule has 0 atom stereocenters. The normalized spacial score (nSPS) is 10.8. The molecule has 0 aliphatic heterocycles. The van der Waals surface area contributed by atoms with E-state index in [1.807, 2.05) is 24.3 Å². The van der Waals surface area contributed by atoms with Crippen LogP contribution in [0.4, 0.5) is 0 Å². The zero-order valence-corrected chi connectivity index (χ0v) is 17.6. The van der Waals surface area contributed by atoms with Crippen molar-refractivity contribution in [2.24, 2.45) is 0 Å². The Morgan fingerprint density at radius 1 is 1.04 bits per heavy atom. The molecule has 0 aliphatic rings. The van der Waals surface area contributed by atoms with Crippen molar-refractivity contribution in [1.29, 1.82) is 0 Å². The Morgan fingerprint density at radius 3 is 2.56 bits per heavy atom. The third-order valence-electron chi connectivity index (χ3n) is 4.32. The lowest BCUT2D eigenvalue weighted by molar-refractivity contribution is 0.279. The Labute approximate surface area is 170 Å². The van der Waals surface area contributed by atoms with Crippen LogP contribution < -0.4 is 20.1 Å². The molecule has 0 saturated carbocycles. The molecule has 0 heterocycles. The fourth-order valence-electron chi connectivity index (χ4n) is 2.74. The first-order valence-corrected chi connectivity index (χ1v) is 10.0. The van der Waals surface area contributed by atoms with Crippen LogP contribution in [0.2, 0.25) is 0 Å². The van der Waals surface area contributed by atoms with Crippen LogP contribution in [0.3, 0.4) is 0 Å². The molecule has 0 fully saturated rings.